The molecule has 1 N–H and O–H groups in total. The molecule has 1 aromatic heterocycles. The number of amides is 1. The zero-order valence-electron chi connectivity index (χ0n) is 13.9. The van der Waals surface area contributed by atoms with E-state index >= 15 is 0 Å². The van der Waals surface area contributed by atoms with Crippen molar-refractivity contribution in [3.8, 4) is 0 Å². The van der Waals surface area contributed by atoms with Crippen LogP contribution in [0, 0.1) is 0 Å². The number of rotatable bonds is 8. The van der Waals surface area contributed by atoms with Crippen LogP contribution in [0.15, 0.2) is 47.8 Å². The summed E-state index contributed by atoms with van der Waals surface area (Å²) in [6.45, 7) is 2.80. The Hall–Kier alpha value is -1.69. The van der Waals surface area contributed by atoms with Crippen LogP contribution in [0.3, 0.4) is 0 Å². The first-order valence-electron chi connectivity index (χ1n) is 7.71. The van der Waals surface area contributed by atoms with E-state index in [0.717, 1.165) is 5.56 Å². The fourth-order valence-corrected chi connectivity index (χ4v) is 3.15. The Morgan fingerprint density at radius 3 is 2.57 bits per heavy atom. The highest BCUT2D eigenvalue weighted by Gasteiger charge is 2.19. The largest absolute Gasteiger partial charge is 0.364 e. The summed E-state index contributed by atoms with van der Waals surface area (Å²) in [6, 6.07) is 14.2. The van der Waals surface area contributed by atoms with Gasteiger partial charge in [0.15, 0.2) is 0 Å². The van der Waals surface area contributed by atoms with Crippen molar-refractivity contribution in [3.05, 3.63) is 58.3 Å². The van der Waals surface area contributed by atoms with E-state index < -0.39 is 6.10 Å². The molecule has 124 valence electrons. The molecule has 2 rings (SSSR count). The summed E-state index contributed by atoms with van der Waals surface area (Å²) in [4.78, 5) is 15.6. The van der Waals surface area contributed by atoms with Crippen molar-refractivity contribution in [3.63, 3.8) is 0 Å². The van der Waals surface area contributed by atoms with Crippen LogP contribution >= 0.6 is 11.3 Å². The Balaban J connectivity index is 1.81. The van der Waals surface area contributed by atoms with Gasteiger partial charge >= 0.3 is 0 Å². The predicted molar refractivity (Wildman–Crippen MR) is 94.4 cm³/mol. The number of carbonyl (C=O) groups excluding carboxylic acids is 1. The van der Waals surface area contributed by atoms with Gasteiger partial charge in [-0.2, -0.15) is 0 Å². The number of nitrogens with zero attached hydrogens (tertiary/aromatic N) is 1. The Bertz CT molecular complexity index is 584. The summed E-state index contributed by atoms with van der Waals surface area (Å²) in [5, 5.41) is 5.04. The normalized spacial score (nSPS) is 13.7. The lowest BCUT2D eigenvalue weighted by Gasteiger charge is -2.24. The fraction of sp³-hybridized carbons (Fsp3) is 0.389. The SMILES string of the molecule is C[C@@H](OCc1ccccc1)C(=O)NC[C@@H](c1cccs1)N(C)C. The highest BCUT2D eigenvalue weighted by molar-refractivity contribution is 7.10. The highest BCUT2D eigenvalue weighted by Crippen LogP contribution is 2.22. The molecule has 0 spiro atoms. The minimum atomic E-state index is -0.471. The highest BCUT2D eigenvalue weighted by atomic mass is 32.1. The van der Waals surface area contributed by atoms with E-state index in [0.29, 0.717) is 13.2 Å². The quantitative estimate of drug-likeness (QED) is 0.808. The van der Waals surface area contributed by atoms with Crippen molar-refractivity contribution in [1.82, 2.24) is 10.2 Å². The average Bonchev–Trinajstić information content (AvgIpc) is 3.07. The smallest absolute Gasteiger partial charge is 0.248 e. The van der Waals surface area contributed by atoms with Crippen molar-refractivity contribution in [1.29, 1.82) is 0 Å². The van der Waals surface area contributed by atoms with Crippen molar-refractivity contribution >= 4 is 17.2 Å². The molecule has 0 radical (unpaired) electrons. The van der Waals surface area contributed by atoms with Crippen molar-refractivity contribution in [2.24, 2.45) is 0 Å². The fourth-order valence-electron chi connectivity index (χ4n) is 2.23. The van der Waals surface area contributed by atoms with E-state index in [1.54, 1.807) is 18.3 Å². The zero-order chi connectivity index (χ0) is 16.7. The first-order valence-corrected chi connectivity index (χ1v) is 8.59. The molecule has 0 fully saturated rings. The average molecular weight is 332 g/mol. The first-order chi connectivity index (χ1) is 11.1. The monoisotopic (exact) mass is 332 g/mol. The van der Waals surface area contributed by atoms with Gasteiger partial charge in [0.25, 0.3) is 0 Å². The standard InChI is InChI=1S/C18H24N2O2S/c1-14(22-13-15-8-5-4-6-9-15)18(21)19-12-16(20(2)3)17-10-7-11-23-17/h4-11,14,16H,12-13H2,1-3H3,(H,19,21)/t14-,16+/m1/s1. The van der Waals surface area contributed by atoms with Gasteiger partial charge in [0.1, 0.15) is 6.10 Å². The van der Waals surface area contributed by atoms with Crippen molar-refractivity contribution < 1.29 is 9.53 Å². The Labute approximate surface area is 142 Å². The lowest BCUT2D eigenvalue weighted by atomic mass is 10.2. The molecule has 0 bridgehead atoms. The lowest BCUT2D eigenvalue weighted by molar-refractivity contribution is -0.132. The van der Waals surface area contributed by atoms with Gasteiger partial charge in [-0.25, -0.2) is 0 Å². The second-order valence-corrected chi connectivity index (χ2v) is 6.66. The molecule has 0 unspecified atom stereocenters. The molecule has 0 saturated heterocycles. The topological polar surface area (TPSA) is 41.6 Å². The number of carbonyl (C=O) groups is 1. The second-order valence-electron chi connectivity index (χ2n) is 5.68. The maximum absolute atomic E-state index is 12.2. The minimum Gasteiger partial charge on any atom is -0.364 e. The summed E-state index contributed by atoms with van der Waals surface area (Å²) in [5.41, 5.74) is 1.07. The molecule has 1 amide bonds. The number of ether oxygens (including phenoxy) is 1. The van der Waals surface area contributed by atoms with Crippen LogP contribution in [0.4, 0.5) is 0 Å². The molecule has 5 heteroatoms. The number of hydrogen-bond donors (Lipinski definition) is 1. The van der Waals surface area contributed by atoms with Gasteiger partial charge in [0.2, 0.25) is 5.91 Å². The number of benzene rings is 1. The van der Waals surface area contributed by atoms with E-state index in [1.807, 2.05) is 50.5 Å². The maximum Gasteiger partial charge on any atom is 0.248 e. The molecule has 1 aromatic carbocycles. The van der Waals surface area contributed by atoms with E-state index in [9.17, 15) is 4.79 Å². The minimum absolute atomic E-state index is 0.0793. The van der Waals surface area contributed by atoms with Gasteiger partial charge in [0.05, 0.1) is 12.6 Å². The Morgan fingerprint density at radius 2 is 1.96 bits per heavy atom. The molecule has 1 heterocycles. The maximum atomic E-state index is 12.2. The number of thiophene rings is 1. The molecule has 0 aliphatic carbocycles. The summed E-state index contributed by atoms with van der Waals surface area (Å²) < 4.78 is 5.65. The van der Waals surface area contributed by atoms with E-state index in [4.69, 9.17) is 4.74 Å². The van der Waals surface area contributed by atoms with E-state index in [2.05, 4.69) is 21.7 Å². The Morgan fingerprint density at radius 1 is 1.22 bits per heavy atom. The number of nitrogens with one attached hydrogen (secondary N) is 1. The molecule has 2 atom stereocenters. The van der Waals surface area contributed by atoms with Crippen LogP contribution in [0.5, 0.6) is 0 Å². The summed E-state index contributed by atoms with van der Waals surface area (Å²) in [7, 11) is 4.04. The van der Waals surface area contributed by atoms with Gasteiger partial charge < -0.3 is 15.0 Å². The van der Waals surface area contributed by atoms with Crippen LogP contribution in [0.2, 0.25) is 0 Å². The Kier molecular flexibility index (Phi) is 6.77. The predicted octanol–water partition coefficient (Wildman–Crippen LogP) is 3.07. The van der Waals surface area contributed by atoms with Gasteiger partial charge in [-0.05, 0) is 38.0 Å². The lowest BCUT2D eigenvalue weighted by Crippen LogP contribution is -2.39. The van der Waals surface area contributed by atoms with Crippen LogP contribution in [0.25, 0.3) is 0 Å². The summed E-state index contributed by atoms with van der Waals surface area (Å²) in [5.74, 6) is -0.0793. The second kappa shape index (κ2) is 8.82. The number of hydrogen-bond acceptors (Lipinski definition) is 4. The molecule has 4 nitrogen and oxygen atoms in total. The third-order valence-electron chi connectivity index (χ3n) is 3.68. The molecule has 0 aliphatic heterocycles. The molecule has 23 heavy (non-hydrogen) atoms. The van der Waals surface area contributed by atoms with Gasteiger partial charge in [-0.1, -0.05) is 36.4 Å². The van der Waals surface area contributed by atoms with Gasteiger partial charge in [-0.3, -0.25) is 4.79 Å². The van der Waals surface area contributed by atoms with Crippen LogP contribution in [-0.2, 0) is 16.1 Å². The van der Waals surface area contributed by atoms with Crippen molar-refractivity contribution in [2.45, 2.75) is 25.7 Å². The van der Waals surface area contributed by atoms with E-state index in [-0.39, 0.29) is 11.9 Å². The molecular formula is C18H24N2O2S. The third-order valence-corrected chi connectivity index (χ3v) is 4.65. The number of likely N-dealkylation sites (N-methyl/N-ethyl adjacent to an activating group) is 1. The van der Waals surface area contributed by atoms with E-state index in [1.165, 1.54) is 4.88 Å². The zero-order valence-corrected chi connectivity index (χ0v) is 14.7. The summed E-state index contributed by atoms with van der Waals surface area (Å²) in [6.07, 6.45) is -0.471. The third kappa shape index (κ3) is 5.46. The van der Waals surface area contributed by atoms with Crippen LogP contribution < -0.4 is 5.32 Å². The molecular weight excluding hydrogens is 308 g/mol. The molecule has 2 aromatic rings. The molecule has 0 saturated carbocycles. The van der Waals surface area contributed by atoms with Gasteiger partial charge in [0, 0.05) is 11.4 Å². The van der Waals surface area contributed by atoms with Crippen molar-refractivity contribution in [2.75, 3.05) is 20.6 Å². The van der Waals surface area contributed by atoms with Gasteiger partial charge in [-0.15, -0.1) is 11.3 Å². The summed E-state index contributed by atoms with van der Waals surface area (Å²) >= 11 is 1.70. The molecule has 0 aliphatic rings. The van der Waals surface area contributed by atoms with Crippen LogP contribution in [-0.4, -0.2) is 37.6 Å². The van der Waals surface area contributed by atoms with Crippen LogP contribution in [0.1, 0.15) is 23.4 Å². The first kappa shape index (κ1) is 17.7.